The highest BCUT2D eigenvalue weighted by molar-refractivity contribution is 7.09. The second-order valence-corrected chi connectivity index (χ2v) is 8.12. The summed E-state index contributed by atoms with van der Waals surface area (Å²) in [7, 11) is 0. The Morgan fingerprint density at radius 3 is 2.93 bits per heavy atom. The number of thiophene rings is 1. The fraction of sp³-hybridized carbons (Fsp3) is 0.238. The molecule has 0 saturated carbocycles. The van der Waals surface area contributed by atoms with Crippen LogP contribution in [0.1, 0.15) is 39.3 Å². The van der Waals surface area contributed by atoms with Crippen LogP contribution in [0.5, 0.6) is 0 Å². The van der Waals surface area contributed by atoms with Gasteiger partial charge in [0.25, 0.3) is 5.91 Å². The summed E-state index contributed by atoms with van der Waals surface area (Å²) in [6.45, 7) is 0.731. The van der Waals surface area contributed by atoms with Crippen molar-refractivity contribution in [2.24, 2.45) is 5.73 Å². The summed E-state index contributed by atoms with van der Waals surface area (Å²) in [6.07, 6.45) is 7.70. The van der Waals surface area contributed by atoms with Crippen molar-refractivity contribution in [3.63, 3.8) is 0 Å². The molecule has 29 heavy (non-hydrogen) atoms. The number of amides is 1. The van der Waals surface area contributed by atoms with E-state index in [0.717, 1.165) is 43.7 Å². The van der Waals surface area contributed by atoms with Gasteiger partial charge in [-0.15, -0.1) is 11.3 Å². The van der Waals surface area contributed by atoms with E-state index in [-0.39, 0.29) is 0 Å². The SMILES string of the molecule is NC(=O)c1cccn2c(-c3nc4c(c(NCc5cccs5)n3)CCCC4)ncc12. The molecule has 0 spiro atoms. The second kappa shape index (κ2) is 7.29. The summed E-state index contributed by atoms with van der Waals surface area (Å²) in [4.78, 5) is 27.2. The first-order chi connectivity index (χ1) is 14.2. The van der Waals surface area contributed by atoms with Crippen molar-refractivity contribution in [3.05, 3.63) is 63.7 Å². The highest BCUT2D eigenvalue weighted by atomic mass is 32.1. The van der Waals surface area contributed by atoms with Crippen molar-refractivity contribution in [2.75, 3.05) is 5.32 Å². The van der Waals surface area contributed by atoms with Crippen molar-refractivity contribution < 1.29 is 4.79 Å². The molecule has 0 fully saturated rings. The number of pyridine rings is 1. The number of rotatable bonds is 5. The van der Waals surface area contributed by atoms with Gasteiger partial charge in [0.1, 0.15) is 5.82 Å². The van der Waals surface area contributed by atoms with E-state index in [9.17, 15) is 4.79 Å². The molecule has 4 aromatic heterocycles. The van der Waals surface area contributed by atoms with E-state index < -0.39 is 5.91 Å². The van der Waals surface area contributed by atoms with Crippen molar-refractivity contribution in [3.8, 4) is 11.6 Å². The molecule has 0 aromatic carbocycles. The standard InChI is InChI=1S/C21H20N6OS/c22-18(28)15-7-3-9-27-17(15)12-24-21(27)20-25-16-8-2-1-6-14(16)19(26-20)23-11-13-5-4-10-29-13/h3-5,7,9-10,12H,1-2,6,8,11H2,(H2,22,28)(H,23,25,26). The molecule has 0 bridgehead atoms. The fourth-order valence-corrected chi connectivity index (χ4v) is 4.46. The van der Waals surface area contributed by atoms with Gasteiger partial charge in [-0.3, -0.25) is 9.20 Å². The Morgan fingerprint density at radius 1 is 1.21 bits per heavy atom. The summed E-state index contributed by atoms with van der Waals surface area (Å²) in [5, 5.41) is 5.58. The quantitative estimate of drug-likeness (QED) is 0.531. The minimum atomic E-state index is -0.480. The van der Waals surface area contributed by atoms with Gasteiger partial charge in [-0.25, -0.2) is 15.0 Å². The normalized spacial score (nSPS) is 13.4. The van der Waals surface area contributed by atoms with Crippen LogP contribution in [0.2, 0.25) is 0 Å². The number of carbonyl (C=O) groups is 1. The van der Waals surface area contributed by atoms with Crippen LogP contribution in [0, 0.1) is 0 Å². The number of nitrogens with zero attached hydrogens (tertiary/aromatic N) is 4. The average molecular weight is 404 g/mol. The number of primary amides is 1. The third-order valence-corrected chi connectivity index (χ3v) is 6.11. The number of anilines is 1. The molecule has 3 N–H and O–H groups in total. The van der Waals surface area contributed by atoms with Gasteiger partial charge in [-0.05, 0) is 49.3 Å². The van der Waals surface area contributed by atoms with E-state index in [1.54, 1.807) is 29.7 Å². The molecule has 7 nitrogen and oxygen atoms in total. The summed E-state index contributed by atoms with van der Waals surface area (Å²) in [6, 6.07) is 7.65. The molecular weight excluding hydrogens is 384 g/mol. The first-order valence-electron chi connectivity index (χ1n) is 9.63. The van der Waals surface area contributed by atoms with Crippen molar-refractivity contribution in [2.45, 2.75) is 32.2 Å². The second-order valence-electron chi connectivity index (χ2n) is 7.08. The third kappa shape index (κ3) is 3.25. The molecule has 1 aliphatic carbocycles. The lowest BCUT2D eigenvalue weighted by Crippen LogP contribution is -2.14. The number of hydrogen-bond donors (Lipinski definition) is 2. The number of nitrogens with one attached hydrogen (secondary N) is 1. The van der Waals surface area contributed by atoms with Gasteiger partial charge in [-0.1, -0.05) is 6.07 Å². The molecule has 5 rings (SSSR count). The van der Waals surface area contributed by atoms with Crippen LogP contribution in [0.15, 0.2) is 42.0 Å². The van der Waals surface area contributed by atoms with Crippen LogP contribution in [0.25, 0.3) is 17.2 Å². The lowest BCUT2D eigenvalue weighted by atomic mass is 9.96. The molecule has 1 amide bonds. The van der Waals surface area contributed by atoms with Crippen LogP contribution in [0.3, 0.4) is 0 Å². The highest BCUT2D eigenvalue weighted by Crippen LogP contribution is 2.29. The largest absolute Gasteiger partial charge is 0.366 e. The van der Waals surface area contributed by atoms with Gasteiger partial charge in [0.2, 0.25) is 0 Å². The van der Waals surface area contributed by atoms with E-state index in [0.29, 0.717) is 22.7 Å². The van der Waals surface area contributed by atoms with Crippen LogP contribution >= 0.6 is 11.3 Å². The zero-order chi connectivity index (χ0) is 19.8. The predicted molar refractivity (Wildman–Crippen MR) is 113 cm³/mol. The molecule has 0 aliphatic heterocycles. The highest BCUT2D eigenvalue weighted by Gasteiger charge is 2.21. The Labute approximate surface area is 171 Å². The minimum Gasteiger partial charge on any atom is -0.366 e. The third-order valence-electron chi connectivity index (χ3n) is 5.23. The number of imidazole rings is 1. The lowest BCUT2D eigenvalue weighted by Gasteiger charge is -2.19. The fourth-order valence-electron chi connectivity index (χ4n) is 3.82. The Balaban J connectivity index is 1.60. The number of hydrogen-bond acceptors (Lipinski definition) is 6. The van der Waals surface area contributed by atoms with E-state index in [4.69, 9.17) is 15.7 Å². The Morgan fingerprint density at radius 2 is 2.10 bits per heavy atom. The maximum atomic E-state index is 11.7. The van der Waals surface area contributed by atoms with E-state index in [1.165, 1.54) is 10.4 Å². The van der Waals surface area contributed by atoms with Gasteiger partial charge in [0.05, 0.1) is 23.8 Å². The molecule has 146 valence electrons. The van der Waals surface area contributed by atoms with Gasteiger partial charge in [-0.2, -0.15) is 0 Å². The van der Waals surface area contributed by atoms with E-state index >= 15 is 0 Å². The molecule has 0 radical (unpaired) electrons. The average Bonchev–Trinajstić information content (AvgIpc) is 3.41. The summed E-state index contributed by atoms with van der Waals surface area (Å²) in [5.74, 6) is 1.56. The van der Waals surface area contributed by atoms with Crippen molar-refractivity contribution >= 4 is 28.6 Å². The molecule has 0 atom stereocenters. The maximum Gasteiger partial charge on any atom is 0.250 e. The molecule has 4 aromatic rings. The lowest BCUT2D eigenvalue weighted by molar-refractivity contribution is 0.100. The van der Waals surface area contributed by atoms with Gasteiger partial charge in [0, 0.05) is 22.3 Å². The van der Waals surface area contributed by atoms with E-state index in [1.807, 2.05) is 10.6 Å². The Kier molecular flexibility index (Phi) is 4.48. The number of nitrogens with two attached hydrogens (primary N) is 1. The van der Waals surface area contributed by atoms with Crippen LogP contribution < -0.4 is 11.1 Å². The minimum absolute atomic E-state index is 0.431. The van der Waals surface area contributed by atoms with Gasteiger partial charge < -0.3 is 11.1 Å². The molecular formula is C21H20N6OS. The number of carbonyl (C=O) groups excluding carboxylic acids is 1. The molecule has 0 unspecified atom stereocenters. The Bertz CT molecular complexity index is 1200. The first-order valence-corrected chi connectivity index (χ1v) is 10.5. The van der Waals surface area contributed by atoms with Crippen LogP contribution in [-0.2, 0) is 19.4 Å². The van der Waals surface area contributed by atoms with Crippen LogP contribution in [-0.4, -0.2) is 25.3 Å². The van der Waals surface area contributed by atoms with Crippen LogP contribution in [0.4, 0.5) is 5.82 Å². The summed E-state index contributed by atoms with van der Waals surface area (Å²) in [5.41, 5.74) is 8.88. The van der Waals surface area contributed by atoms with Crippen molar-refractivity contribution in [1.82, 2.24) is 19.4 Å². The molecule has 8 heteroatoms. The Hall–Kier alpha value is -3.26. The smallest absolute Gasteiger partial charge is 0.250 e. The maximum absolute atomic E-state index is 11.7. The summed E-state index contributed by atoms with van der Waals surface area (Å²) < 4.78 is 1.83. The van der Waals surface area contributed by atoms with Gasteiger partial charge in [0.15, 0.2) is 11.6 Å². The zero-order valence-corrected chi connectivity index (χ0v) is 16.6. The summed E-state index contributed by atoms with van der Waals surface area (Å²) >= 11 is 1.72. The number of aryl methyl sites for hydroxylation is 1. The first kappa shape index (κ1) is 17.8. The zero-order valence-electron chi connectivity index (χ0n) is 15.8. The number of fused-ring (bicyclic) bond motifs is 2. The molecule has 4 heterocycles. The monoisotopic (exact) mass is 404 g/mol. The molecule has 1 aliphatic rings. The van der Waals surface area contributed by atoms with E-state index in [2.05, 4.69) is 27.8 Å². The van der Waals surface area contributed by atoms with Crippen molar-refractivity contribution in [1.29, 1.82) is 0 Å². The topological polar surface area (TPSA) is 98.2 Å². The molecule has 0 saturated heterocycles. The predicted octanol–water partition coefficient (Wildman–Crippen LogP) is 3.44. The number of aromatic nitrogens is 4. The van der Waals surface area contributed by atoms with Gasteiger partial charge >= 0.3 is 0 Å².